The molecule has 0 aromatic carbocycles. The van der Waals surface area contributed by atoms with E-state index in [1.165, 1.54) is 5.56 Å². The van der Waals surface area contributed by atoms with Gasteiger partial charge in [0.15, 0.2) is 0 Å². The van der Waals surface area contributed by atoms with Crippen molar-refractivity contribution in [2.45, 2.75) is 6.04 Å². The molecule has 0 amide bonds. The minimum Gasteiger partial charge on any atom is -0.378 e. The van der Waals surface area contributed by atoms with Gasteiger partial charge in [-0.15, -0.1) is 12.4 Å². The molecule has 0 unspecified atom stereocenters. The quantitative estimate of drug-likeness (QED) is 0.853. The van der Waals surface area contributed by atoms with Gasteiger partial charge in [0.2, 0.25) is 0 Å². The zero-order chi connectivity index (χ0) is 9.10. The third-order valence-electron chi connectivity index (χ3n) is 2.05. The number of pyridine rings is 1. The molecule has 1 aliphatic rings. The van der Waals surface area contributed by atoms with Gasteiger partial charge in [0, 0.05) is 23.4 Å². The highest BCUT2D eigenvalue weighted by Crippen LogP contribution is 2.18. The summed E-state index contributed by atoms with van der Waals surface area (Å²) in [5, 5.41) is 3.38. The van der Waals surface area contributed by atoms with Crippen LogP contribution in [0.1, 0.15) is 11.6 Å². The minimum absolute atomic E-state index is 0. The molecule has 1 aromatic heterocycles. The van der Waals surface area contributed by atoms with Gasteiger partial charge >= 0.3 is 0 Å². The highest BCUT2D eigenvalue weighted by atomic mass is 79.9. The fraction of sp³-hybridized carbons (Fsp3) is 0.444. The molecule has 5 heteroatoms. The molecule has 1 atom stereocenters. The molecule has 0 spiro atoms. The van der Waals surface area contributed by atoms with Crippen LogP contribution in [0.15, 0.2) is 22.9 Å². The van der Waals surface area contributed by atoms with Gasteiger partial charge in [-0.1, -0.05) is 0 Å². The summed E-state index contributed by atoms with van der Waals surface area (Å²) in [5.41, 5.74) is 1.18. The van der Waals surface area contributed by atoms with Gasteiger partial charge in [-0.05, 0) is 27.6 Å². The number of ether oxygens (including phenoxy) is 1. The summed E-state index contributed by atoms with van der Waals surface area (Å²) in [6.07, 6.45) is 3.66. The van der Waals surface area contributed by atoms with Crippen LogP contribution in [-0.2, 0) is 4.74 Å². The van der Waals surface area contributed by atoms with Gasteiger partial charge in [-0.2, -0.15) is 0 Å². The zero-order valence-electron chi connectivity index (χ0n) is 7.57. The van der Waals surface area contributed by atoms with Crippen LogP contribution in [0, 0.1) is 0 Å². The Morgan fingerprint density at radius 2 is 2.36 bits per heavy atom. The number of rotatable bonds is 1. The van der Waals surface area contributed by atoms with Gasteiger partial charge in [-0.25, -0.2) is 0 Å². The second-order valence-electron chi connectivity index (χ2n) is 3.02. The lowest BCUT2D eigenvalue weighted by molar-refractivity contribution is 0.0767. The van der Waals surface area contributed by atoms with E-state index in [0.29, 0.717) is 6.04 Å². The second kappa shape index (κ2) is 5.66. The summed E-state index contributed by atoms with van der Waals surface area (Å²) in [6.45, 7) is 2.45. The number of aromatic nitrogens is 1. The molecule has 2 heterocycles. The number of morpholine rings is 1. The van der Waals surface area contributed by atoms with E-state index in [0.717, 1.165) is 24.2 Å². The Morgan fingerprint density at radius 1 is 1.50 bits per heavy atom. The summed E-state index contributed by atoms with van der Waals surface area (Å²) < 4.78 is 6.38. The number of hydrogen-bond acceptors (Lipinski definition) is 3. The normalized spacial score (nSPS) is 21.4. The van der Waals surface area contributed by atoms with Gasteiger partial charge in [0.05, 0.1) is 19.3 Å². The largest absolute Gasteiger partial charge is 0.378 e. The lowest BCUT2D eigenvalue weighted by Gasteiger charge is -2.23. The van der Waals surface area contributed by atoms with Gasteiger partial charge < -0.3 is 10.1 Å². The first-order chi connectivity index (χ1) is 6.36. The first kappa shape index (κ1) is 11.9. The highest BCUT2D eigenvalue weighted by molar-refractivity contribution is 9.10. The lowest BCUT2D eigenvalue weighted by Crippen LogP contribution is -2.34. The molecular formula is C9H12BrClN2O. The average molecular weight is 280 g/mol. The molecule has 1 aromatic rings. The summed E-state index contributed by atoms with van der Waals surface area (Å²) in [6, 6.07) is 2.36. The molecule has 0 radical (unpaired) electrons. The van der Waals surface area contributed by atoms with Crippen molar-refractivity contribution in [1.82, 2.24) is 10.3 Å². The Labute approximate surface area is 97.8 Å². The Balaban J connectivity index is 0.000000980. The second-order valence-corrected chi connectivity index (χ2v) is 3.93. The Hall–Kier alpha value is -0.160. The number of nitrogens with one attached hydrogen (secondary N) is 1. The third kappa shape index (κ3) is 2.92. The molecule has 1 saturated heterocycles. The molecule has 0 aliphatic carbocycles. The smallest absolute Gasteiger partial charge is 0.0662 e. The van der Waals surface area contributed by atoms with Crippen molar-refractivity contribution in [2.75, 3.05) is 19.8 Å². The van der Waals surface area contributed by atoms with E-state index in [2.05, 4.69) is 32.3 Å². The van der Waals surface area contributed by atoms with Crippen molar-refractivity contribution in [2.24, 2.45) is 0 Å². The molecule has 1 fully saturated rings. The predicted molar refractivity (Wildman–Crippen MR) is 60.7 cm³/mol. The molecule has 0 saturated carbocycles. The minimum atomic E-state index is 0. The lowest BCUT2D eigenvalue weighted by atomic mass is 10.1. The molecule has 78 valence electrons. The third-order valence-corrected chi connectivity index (χ3v) is 2.48. The van der Waals surface area contributed by atoms with E-state index >= 15 is 0 Å². The monoisotopic (exact) mass is 278 g/mol. The zero-order valence-corrected chi connectivity index (χ0v) is 9.97. The summed E-state index contributed by atoms with van der Waals surface area (Å²) in [4.78, 5) is 4.12. The van der Waals surface area contributed by atoms with Crippen molar-refractivity contribution < 1.29 is 4.74 Å². The van der Waals surface area contributed by atoms with Crippen LogP contribution in [0.5, 0.6) is 0 Å². The van der Waals surface area contributed by atoms with Crippen LogP contribution in [0.3, 0.4) is 0 Å². The average Bonchev–Trinajstić information content (AvgIpc) is 2.19. The fourth-order valence-electron chi connectivity index (χ4n) is 1.40. The van der Waals surface area contributed by atoms with Crippen molar-refractivity contribution in [1.29, 1.82) is 0 Å². The Morgan fingerprint density at radius 3 is 3.00 bits per heavy atom. The Kier molecular flexibility index (Phi) is 4.81. The standard InChI is InChI=1S/C9H11BrN2O.ClH/c10-8-3-7(4-11-5-8)9-6-13-2-1-12-9;/h3-5,9,12H,1-2,6H2;1H/t9-;/m1./s1. The Bertz CT molecular complexity index is 292. The summed E-state index contributed by atoms with van der Waals surface area (Å²) >= 11 is 3.40. The van der Waals surface area contributed by atoms with E-state index in [1.807, 2.05) is 6.20 Å². The SMILES string of the molecule is Brc1cncc([C@H]2COCCN2)c1.Cl. The highest BCUT2D eigenvalue weighted by Gasteiger charge is 2.15. The molecule has 0 bridgehead atoms. The van der Waals surface area contributed by atoms with E-state index < -0.39 is 0 Å². The van der Waals surface area contributed by atoms with Crippen LogP contribution in [0.2, 0.25) is 0 Å². The number of nitrogens with zero attached hydrogens (tertiary/aromatic N) is 1. The van der Waals surface area contributed by atoms with Crippen LogP contribution < -0.4 is 5.32 Å². The maximum atomic E-state index is 5.37. The van der Waals surface area contributed by atoms with E-state index in [-0.39, 0.29) is 12.4 Å². The summed E-state index contributed by atoms with van der Waals surface area (Å²) in [7, 11) is 0. The van der Waals surface area contributed by atoms with Gasteiger partial charge in [0.1, 0.15) is 0 Å². The number of hydrogen-bond donors (Lipinski definition) is 1. The van der Waals surface area contributed by atoms with Crippen LogP contribution in [0.4, 0.5) is 0 Å². The van der Waals surface area contributed by atoms with Gasteiger partial charge in [-0.3, -0.25) is 4.98 Å². The van der Waals surface area contributed by atoms with Crippen molar-refractivity contribution in [3.8, 4) is 0 Å². The molecular weight excluding hydrogens is 267 g/mol. The molecule has 1 aliphatic heterocycles. The predicted octanol–water partition coefficient (Wildman–Crippen LogP) is 1.93. The van der Waals surface area contributed by atoms with Crippen molar-refractivity contribution >= 4 is 28.3 Å². The van der Waals surface area contributed by atoms with Crippen LogP contribution in [0.25, 0.3) is 0 Å². The van der Waals surface area contributed by atoms with Crippen molar-refractivity contribution in [3.05, 3.63) is 28.5 Å². The number of halogens is 2. The maximum absolute atomic E-state index is 5.37. The fourth-order valence-corrected chi connectivity index (χ4v) is 1.78. The maximum Gasteiger partial charge on any atom is 0.0662 e. The first-order valence-electron chi connectivity index (χ1n) is 4.28. The van der Waals surface area contributed by atoms with Crippen LogP contribution in [-0.4, -0.2) is 24.7 Å². The van der Waals surface area contributed by atoms with Crippen molar-refractivity contribution in [3.63, 3.8) is 0 Å². The molecule has 1 N–H and O–H groups in total. The molecule has 3 nitrogen and oxygen atoms in total. The molecule has 14 heavy (non-hydrogen) atoms. The summed E-state index contributed by atoms with van der Waals surface area (Å²) in [5.74, 6) is 0. The van der Waals surface area contributed by atoms with Crippen LogP contribution >= 0.6 is 28.3 Å². The topological polar surface area (TPSA) is 34.1 Å². The molecule has 2 rings (SSSR count). The van der Waals surface area contributed by atoms with E-state index in [9.17, 15) is 0 Å². The van der Waals surface area contributed by atoms with E-state index in [4.69, 9.17) is 4.74 Å². The van der Waals surface area contributed by atoms with E-state index in [1.54, 1.807) is 6.20 Å². The van der Waals surface area contributed by atoms with Gasteiger partial charge in [0.25, 0.3) is 0 Å². The first-order valence-corrected chi connectivity index (χ1v) is 5.07.